The second kappa shape index (κ2) is 8.66. The molecule has 2 aromatic heterocycles. The van der Waals surface area contributed by atoms with Crippen molar-refractivity contribution in [2.75, 3.05) is 13.1 Å². The molecular weight excluding hydrogens is 472 g/mol. The van der Waals surface area contributed by atoms with Crippen molar-refractivity contribution in [2.24, 2.45) is 0 Å². The largest absolute Gasteiger partial charge is 0.338 e. The number of carbonyl (C=O) groups is 1. The van der Waals surface area contributed by atoms with E-state index in [0.717, 1.165) is 22.9 Å². The first-order valence-electron chi connectivity index (χ1n) is 10.5. The van der Waals surface area contributed by atoms with Crippen LogP contribution in [-0.4, -0.2) is 48.9 Å². The molecule has 1 fully saturated rings. The van der Waals surface area contributed by atoms with Crippen molar-refractivity contribution in [3.63, 3.8) is 0 Å². The SMILES string of the molecule is O=C(c1ccccc1Br)N1CCCC(c2nc3c(nnn3Cc3ccccc3)c(=O)[nH]2)C1. The van der Waals surface area contributed by atoms with E-state index >= 15 is 0 Å². The number of amides is 1. The van der Waals surface area contributed by atoms with Gasteiger partial charge in [0.15, 0.2) is 11.2 Å². The number of nitrogens with zero attached hydrogens (tertiary/aromatic N) is 5. The van der Waals surface area contributed by atoms with Crippen molar-refractivity contribution in [3.05, 3.63) is 86.4 Å². The molecule has 0 saturated carbocycles. The van der Waals surface area contributed by atoms with Crippen molar-refractivity contribution in [3.8, 4) is 0 Å². The third-order valence-corrected chi connectivity index (χ3v) is 6.46. The van der Waals surface area contributed by atoms with Gasteiger partial charge in [0.2, 0.25) is 0 Å². The minimum atomic E-state index is -0.307. The summed E-state index contributed by atoms with van der Waals surface area (Å²) >= 11 is 3.47. The van der Waals surface area contributed by atoms with Gasteiger partial charge in [-0.25, -0.2) is 9.67 Å². The predicted octanol–water partition coefficient (Wildman–Crippen LogP) is 3.35. The summed E-state index contributed by atoms with van der Waals surface area (Å²) in [6.45, 7) is 1.65. The lowest BCUT2D eigenvalue weighted by molar-refractivity contribution is 0.0703. The molecule has 4 aromatic rings. The summed E-state index contributed by atoms with van der Waals surface area (Å²) in [6.07, 6.45) is 1.68. The van der Waals surface area contributed by atoms with E-state index in [4.69, 9.17) is 4.98 Å². The van der Waals surface area contributed by atoms with E-state index in [9.17, 15) is 9.59 Å². The smallest absolute Gasteiger partial charge is 0.281 e. The average molecular weight is 493 g/mol. The third kappa shape index (κ3) is 3.95. The van der Waals surface area contributed by atoms with Gasteiger partial charge in [0, 0.05) is 23.5 Å². The van der Waals surface area contributed by atoms with Crippen LogP contribution in [0.5, 0.6) is 0 Å². The number of carbonyl (C=O) groups excluding carboxylic acids is 1. The summed E-state index contributed by atoms with van der Waals surface area (Å²) in [4.78, 5) is 35.2. The molecule has 32 heavy (non-hydrogen) atoms. The lowest BCUT2D eigenvalue weighted by Gasteiger charge is -2.32. The standard InChI is InChI=1S/C23H21BrN6O2/c24-18-11-5-4-10-17(18)23(32)29-12-6-9-16(14-29)20-25-21-19(22(31)26-20)27-28-30(21)13-15-7-2-1-3-8-15/h1-5,7-8,10-11,16H,6,9,12-14H2,(H,25,26,31). The minimum absolute atomic E-state index is 0.0265. The number of rotatable bonds is 4. The van der Waals surface area contributed by atoms with E-state index in [1.807, 2.05) is 59.5 Å². The molecule has 1 aliphatic heterocycles. The second-order valence-corrected chi connectivity index (χ2v) is 8.78. The normalized spacial score (nSPS) is 16.4. The van der Waals surface area contributed by atoms with Gasteiger partial charge >= 0.3 is 0 Å². The molecule has 3 heterocycles. The van der Waals surface area contributed by atoms with Gasteiger partial charge in [0.05, 0.1) is 12.1 Å². The van der Waals surface area contributed by atoms with Crippen LogP contribution in [0.25, 0.3) is 11.2 Å². The molecule has 2 aromatic carbocycles. The number of H-pyrrole nitrogens is 1. The molecule has 1 unspecified atom stereocenters. The Morgan fingerprint density at radius 3 is 2.72 bits per heavy atom. The topological polar surface area (TPSA) is 96.8 Å². The molecule has 5 rings (SSSR count). The van der Waals surface area contributed by atoms with Crippen LogP contribution in [0.15, 0.2) is 63.9 Å². The Bertz CT molecular complexity index is 1330. The fourth-order valence-electron chi connectivity index (χ4n) is 4.13. The number of likely N-dealkylation sites (tertiary alicyclic amines) is 1. The number of fused-ring (bicyclic) bond motifs is 1. The number of halogens is 1. The van der Waals surface area contributed by atoms with Crippen LogP contribution < -0.4 is 5.56 Å². The van der Waals surface area contributed by atoms with Gasteiger partial charge in [-0.3, -0.25) is 9.59 Å². The fraction of sp³-hybridized carbons (Fsp3) is 0.261. The maximum absolute atomic E-state index is 13.1. The van der Waals surface area contributed by atoms with Crippen LogP contribution in [0.4, 0.5) is 0 Å². The Balaban J connectivity index is 1.44. The Morgan fingerprint density at radius 1 is 1.12 bits per heavy atom. The van der Waals surface area contributed by atoms with Crippen LogP contribution in [-0.2, 0) is 6.54 Å². The number of hydrogen-bond acceptors (Lipinski definition) is 5. The second-order valence-electron chi connectivity index (χ2n) is 7.93. The molecule has 162 valence electrons. The molecule has 0 radical (unpaired) electrons. The maximum atomic E-state index is 13.1. The van der Waals surface area contributed by atoms with E-state index < -0.39 is 0 Å². The van der Waals surface area contributed by atoms with E-state index in [1.165, 1.54) is 0 Å². The van der Waals surface area contributed by atoms with Crippen molar-refractivity contribution in [2.45, 2.75) is 25.3 Å². The van der Waals surface area contributed by atoms with Crippen LogP contribution in [0, 0.1) is 0 Å². The summed E-state index contributed by atoms with van der Waals surface area (Å²) in [7, 11) is 0. The number of piperidine rings is 1. The van der Waals surface area contributed by atoms with Crippen LogP contribution >= 0.6 is 15.9 Å². The van der Waals surface area contributed by atoms with E-state index in [2.05, 4.69) is 31.2 Å². The molecule has 9 heteroatoms. The van der Waals surface area contributed by atoms with Crippen molar-refractivity contribution >= 4 is 33.0 Å². The summed E-state index contributed by atoms with van der Waals surface area (Å²) in [5.74, 6) is 0.484. The molecule has 1 saturated heterocycles. The van der Waals surface area contributed by atoms with Crippen LogP contribution in [0.1, 0.15) is 40.5 Å². The highest BCUT2D eigenvalue weighted by Crippen LogP contribution is 2.27. The first kappa shape index (κ1) is 20.6. The molecular formula is C23H21BrN6O2. The first-order chi connectivity index (χ1) is 15.6. The maximum Gasteiger partial charge on any atom is 0.281 e. The average Bonchev–Trinajstić information content (AvgIpc) is 3.23. The van der Waals surface area contributed by atoms with Gasteiger partial charge in [0.1, 0.15) is 5.82 Å². The van der Waals surface area contributed by atoms with Gasteiger partial charge < -0.3 is 9.88 Å². The van der Waals surface area contributed by atoms with Gasteiger partial charge in [0.25, 0.3) is 11.5 Å². The molecule has 0 bridgehead atoms. The summed E-state index contributed by atoms with van der Waals surface area (Å²) in [5, 5.41) is 8.17. The van der Waals surface area contributed by atoms with E-state index in [0.29, 0.717) is 36.7 Å². The number of aromatic nitrogens is 5. The Morgan fingerprint density at radius 2 is 1.91 bits per heavy atom. The third-order valence-electron chi connectivity index (χ3n) is 5.77. The Labute approximate surface area is 192 Å². The van der Waals surface area contributed by atoms with E-state index in [-0.39, 0.29) is 22.9 Å². The van der Waals surface area contributed by atoms with Crippen LogP contribution in [0.2, 0.25) is 0 Å². The van der Waals surface area contributed by atoms with Gasteiger partial charge in [-0.15, -0.1) is 5.10 Å². The molecule has 0 aliphatic carbocycles. The molecule has 1 atom stereocenters. The summed E-state index contributed by atoms with van der Waals surface area (Å²) in [5.41, 5.74) is 2.06. The number of nitrogens with one attached hydrogen (secondary N) is 1. The van der Waals surface area contributed by atoms with Gasteiger partial charge in [-0.05, 0) is 46.5 Å². The quantitative estimate of drug-likeness (QED) is 0.471. The monoisotopic (exact) mass is 492 g/mol. The van der Waals surface area contributed by atoms with Crippen molar-refractivity contribution in [1.82, 2.24) is 29.9 Å². The molecule has 0 spiro atoms. The Hall–Kier alpha value is -3.33. The molecule has 1 aliphatic rings. The summed E-state index contributed by atoms with van der Waals surface area (Å²) < 4.78 is 2.42. The zero-order valence-electron chi connectivity index (χ0n) is 17.2. The van der Waals surface area contributed by atoms with Gasteiger partial charge in [-0.1, -0.05) is 47.7 Å². The summed E-state index contributed by atoms with van der Waals surface area (Å²) in [6, 6.07) is 17.3. The lowest BCUT2D eigenvalue weighted by atomic mass is 9.96. The predicted molar refractivity (Wildman–Crippen MR) is 124 cm³/mol. The Kier molecular flexibility index (Phi) is 5.57. The molecule has 1 amide bonds. The fourth-order valence-corrected chi connectivity index (χ4v) is 4.58. The van der Waals surface area contributed by atoms with Crippen LogP contribution in [0.3, 0.4) is 0 Å². The highest BCUT2D eigenvalue weighted by Gasteiger charge is 2.28. The number of aromatic amines is 1. The lowest BCUT2D eigenvalue weighted by Crippen LogP contribution is -2.40. The molecule has 8 nitrogen and oxygen atoms in total. The highest BCUT2D eigenvalue weighted by molar-refractivity contribution is 9.10. The zero-order chi connectivity index (χ0) is 22.1. The molecule has 1 N–H and O–H groups in total. The van der Waals surface area contributed by atoms with E-state index in [1.54, 1.807) is 4.68 Å². The number of hydrogen-bond donors (Lipinski definition) is 1. The first-order valence-corrected chi connectivity index (χ1v) is 11.3. The minimum Gasteiger partial charge on any atom is -0.338 e. The zero-order valence-corrected chi connectivity index (χ0v) is 18.8. The van der Waals surface area contributed by atoms with Crippen molar-refractivity contribution < 1.29 is 4.79 Å². The van der Waals surface area contributed by atoms with Gasteiger partial charge in [-0.2, -0.15) is 0 Å². The highest BCUT2D eigenvalue weighted by atomic mass is 79.9. The van der Waals surface area contributed by atoms with Crippen molar-refractivity contribution in [1.29, 1.82) is 0 Å². The number of benzene rings is 2.